The third kappa shape index (κ3) is 5.02. The van der Waals surface area contributed by atoms with Crippen molar-refractivity contribution in [2.24, 2.45) is 0 Å². The summed E-state index contributed by atoms with van der Waals surface area (Å²) in [6, 6.07) is 27.6. The smallest absolute Gasteiger partial charge is 0.177 e. The van der Waals surface area contributed by atoms with Gasteiger partial charge in [-0.15, -0.1) is 0 Å². The number of likely N-dealkylation sites (tertiary alicyclic amines) is 1. The lowest BCUT2D eigenvalue weighted by Gasteiger charge is -2.40. The van der Waals surface area contributed by atoms with Crippen LogP contribution in [-0.4, -0.2) is 29.2 Å². The summed E-state index contributed by atoms with van der Waals surface area (Å²) in [5.41, 5.74) is 1.44. The number of nitrogens with zero attached hydrogens (tertiary/aromatic N) is 1. The van der Waals surface area contributed by atoms with E-state index in [1.807, 2.05) is 72.8 Å². The van der Waals surface area contributed by atoms with Crippen molar-refractivity contribution >= 4 is 11.6 Å². The second-order valence-electron chi connectivity index (χ2n) is 8.50. The molecule has 0 atom stereocenters. The quantitative estimate of drug-likeness (QED) is 0.401. The lowest BCUT2D eigenvalue weighted by atomic mass is 9.87. The molecule has 0 aromatic heterocycles. The molecular weight excluding hydrogens is 402 g/mol. The van der Waals surface area contributed by atoms with Gasteiger partial charge in [0.25, 0.3) is 0 Å². The molecule has 0 saturated carbocycles. The second-order valence-corrected chi connectivity index (χ2v) is 8.91. The van der Waals surface area contributed by atoms with Crippen molar-refractivity contribution in [1.29, 1.82) is 0 Å². The fourth-order valence-electron chi connectivity index (χ4n) is 4.55. The third-order valence-corrected chi connectivity index (χ3v) is 6.66. The van der Waals surface area contributed by atoms with E-state index in [0.29, 0.717) is 6.54 Å². The van der Waals surface area contributed by atoms with Gasteiger partial charge in [-0.05, 0) is 31.2 Å². The number of halogens is 1. The summed E-state index contributed by atoms with van der Waals surface area (Å²) >= 11 is 6.49. The summed E-state index contributed by atoms with van der Waals surface area (Å²) in [5.74, 6) is 6.66. The predicted octanol–water partition coefficient (Wildman–Crippen LogP) is 5.78. The number of piperidine rings is 1. The monoisotopic (exact) mass is 430 g/mol. The Balaban J connectivity index is 1.66. The first-order valence-electron chi connectivity index (χ1n) is 11.0. The van der Waals surface area contributed by atoms with Crippen LogP contribution in [0.1, 0.15) is 36.0 Å². The summed E-state index contributed by atoms with van der Waals surface area (Å²) in [7, 11) is 0. The first-order valence-corrected chi connectivity index (χ1v) is 11.4. The maximum Gasteiger partial charge on any atom is 0.177 e. The third-order valence-electron chi connectivity index (χ3n) is 6.30. The Labute approximate surface area is 190 Å². The molecule has 158 valence electrons. The molecule has 0 amide bonds. The minimum Gasteiger partial charge on any atom is -0.369 e. The van der Waals surface area contributed by atoms with Crippen LogP contribution in [0.15, 0.2) is 84.9 Å². The average molecular weight is 431 g/mol. The van der Waals surface area contributed by atoms with E-state index >= 15 is 0 Å². The van der Waals surface area contributed by atoms with Crippen molar-refractivity contribution in [1.82, 2.24) is 0 Å². The van der Waals surface area contributed by atoms with Gasteiger partial charge in [0.2, 0.25) is 0 Å². The Bertz CT molecular complexity index is 1010. The largest absolute Gasteiger partial charge is 0.369 e. The number of rotatable bonds is 5. The molecule has 1 heterocycles. The van der Waals surface area contributed by atoms with E-state index in [0.717, 1.165) is 40.3 Å². The van der Waals surface area contributed by atoms with Crippen LogP contribution < -0.4 is 0 Å². The highest BCUT2D eigenvalue weighted by Gasteiger charge is 2.32. The molecule has 0 bridgehead atoms. The summed E-state index contributed by atoms with van der Waals surface area (Å²) in [4.78, 5) is 0. The molecule has 1 aliphatic heterocycles. The zero-order valence-corrected chi connectivity index (χ0v) is 18.6. The second kappa shape index (κ2) is 9.71. The lowest BCUT2D eigenvalue weighted by molar-refractivity contribution is -0.938. The molecule has 1 saturated heterocycles. The van der Waals surface area contributed by atoms with Crippen LogP contribution in [0.3, 0.4) is 0 Å². The van der Waals surface area contributed by atoms with Crippen molar-refractivity contribution in [2.45, 2.75) is 31.4 Å². The summed E-state index contributed by atoms with van der Waals surface area (Å²) in [6.45, 7) is 3.76. The maximum atomic E-state index is 11.7. The lowest BCUT2D eigenvalue weighted by Crippen LogP contribution is -2.51. The molecule has 2 nitrogen and oxygen atoms in total. The predicted molar refractivity (Wildman–Crippen MR) is 128 cm³/mol. The highest BCUT2D eigenvalue weighted by molar-refractivity contribution is 6.31. The van der Waals surface area contributed by atoms with Gasteiger partial charge in [-0.2, -0.15) is 0 Å². The van der Waals surface area contributed by atoms with Gasteiger partial charge in [-0.1, -0.05) is 96.4 Å². The molecule has 0 spiro atoms. The Morgan fingerprint density at radius 2 is 1.32 bits per heavy atom. The van der Waals surface area contributed by atoms with Crippen molar-refractivity contribution < 1.29 is 9.59 Å². The minimum absolute atomic E-state index is 0.702. The SMILES string of the molecule is OC(C#CC[N+]1(Cc2ccccc2Cl)CCCCC1)(c1ccccc1)c1ccccc1. The fraction of sp³-hybridized carbons (Fsp3) is 0.286. The van der Waals surface area contributed by atoms with E-state index in [2.05, 4.69) is 24.0 Å². The highest BCUT2D eigenvalue weighted by atomic mass is 35.5. The van der Waals surface area contributed by atoms with E-state index in [-0.39, 0.29) is 0 Å². The Morgan fingerprint density at radius 1 is 0.774 bits per heavy atom. The molecule has 0 unspecified atom stereocenters. The van der Waals surface area contributed by atoms with E-state index in [4.69, 9.17) is 11.6 Å². The van der Waals surface area contributed by atoms with Crippen LogP contribution in [0.5, 0.6) is 0 Å². The molecular formula is C28H29ClNO+. The first kappa shape index (κ1) is 21.7. The number of aliphatic hydroxyl groups is 1. The topological polar surface area (TPSA) is 20.2 Å². The molecule has 1 aliphatic rings. The van der Waals surface area contributed by atoms with Crippen LogP contribution in [-0.2, 0) is 12.1 Å². The summed E-state index contributed by atoms with van der Waals surface area (Å²) in [6.07, 6.45) is 3.68. The van der Waals surface area contributed by atoms with Crippen LogP contribution >= 0.6 is 11.6 Å². The Morgan fingerprint density at radius 3 is 1.90 bits per heavy atom. The molecule has 4 rings (SSSR count). The van der Waals surface area contributed by atoms with Gasteiger partial charge in [0.1, 0.15) is 13.1 Å². The number of quaternary nitrogens is 1. The Kier molecular flexibility index (Phi) is 6.78. The van der Waals surface area contributed by atoms with E-state index < -0.39 is 5.60 Å². The number of benzene rings is 3. The zero-order valence-electron chi connectivity index (χ0n) is 17.8. The molecule has 3 heteroatoms. The van der Waals surface area contributed by atoms with Crippen LogP contribution in [0.4, 0.5) is 0 Å². The van der Waals surface area contributed by atoms with Gasteiger partial charge in [0, 0.05) is 21.7 Å². The molecule has 3 aromatic rings. The van der Waals surface area contributed by atoms with Gasteiger partial charge in [0.15, 0.2) is 5.60 Å². The molecule has 1 fully saturated rings. The normalized spacial score (nSPS) is 15.7. The van der Waals surface area contributed by atoms with E-state index in [9.17, 15) is 5.11 Å². The van der Waals surface area contributed by atoms with Gasteiger partial charge < -0.3 is 9.59 Å². The summed E-state index contributed by atoms with van der Waals surface area (Å²) < 4.78 is 0.899. The highest BCUT2D eigenvalue weighted by Crippen LogP contribution is 2.30. The molecule has 0 radical (unpaired) electrons. The van der Waals surface area contributed by atoms with Gasteiger partial charge in [0.05, 0.1) is 13.1 Å². The molecule has 31 heavy (non-hydrogen) atoms. The summed E-state index contributed by atoms with van der Waals surface area (Å²) in [5, 5.41) is 12.5. The van der Waals surface area contributed by atoms with Crippen molar-refractivity contribution in [3.8, 4) is 11.8 Å². The van der Waals surface area contributed by atoms with Crippen LogP contribution in [0.2, 0.25) is 5.02 Å². The van der Waals surface area contributed by atoms with Gasteiger partial charge in [-0.25, -0.2) is 0 Å². The van der Waals surface area contributed by atoms with Crippen molar-refractivity contribution in [2.75, 3.05) is 19.6 Å². The first-order chi connectivity index (χ1) is 15.1. The van der Waals surface area contributed by atoms with E-state index in [1.165, 1.54) is 24.8 Å². The fourth-order valence-corrected chi connectivity index (χ4v) is 4.74. The van der Waals surface area contributed by atoms with Gasteiger partial charge in [-0.3, -0.25) is 0 Å². The molecule has 3 aromatic carbocycles. The number of hydrogen-bond donors (Lipinski definition) is 1. The van der Waals surface area contributed by atoms with Crippen LogP contribution in [0.25, 0.3) is 0 Å². The van der Waals surface area contributed by atoms with E-state index in [1.54, 1.807) is 0 Å². The molecule has 1 N–H and O–H groups in total. The van der Waals surface area contributed by atoms with Gasteiger partial charge >= 0.3 is 0 Å². The Hall–Kier alpha value is -2.57. The van der Waals surface area contributed by atoms with Crippen molar-refractivity contribution in [3.05, 3.63) is 107 Å². The van der Waals surface area contributed by atoms with Crippen molar-refractivity contribution in [3.63, 3.8) is 0 Å². The average Bonchev–Trinajstić information content (AvgIpc) is 2.82. The standard InChI is InChI=1S/C28H29ClNO/c29-27-18-9-8-13-24(27)23-30(20-10-3-11-21-30)22-12-19-28(31,25-14-4-1-5-15-25)26-16-6-2-7-17-26/h1-2,4-9,13-18,31H,3,10-11,20-23H2/q+1. The zero-order chi connectivity index (χ0) is 21.6. The minimum atomic E-state index is -1.33. The molecule has 0 aliphatic carbocycles. The maximum absolute atomic E-state index is 11.7. The number of hydrogen-bond acceptors (Lipinski definition) is 1. The van der Waals surface area contributed by atoms with Crippen LogP contribution in [0, 0.1) is 11.8 Å².